The number of halogens is 6. The van der Waals surface area contributed by atoms with Crippen LogP contribution >= 0.6 is 0 Å². The summed E-state index contributed by atoms with van der Waals surface area (Å²) in [4.78, 5) is 0. The molecule has 46 heavy (non-hydrogen) atoms. The highest BCUT2D eigenvalue weighted by atomic mass is 19.2. The lowest BCUT2D eigenvalue weighted by Gasteiger charge is -2.30. The first-order chi connectivity index (χ1) is 22.2. The van der Waals surface area contributed by atoms with Crippen LogP contribution in [-0.2, 0) is 11.2 Å². The van der Waals surface area contributed by atoms with Crippen molar-refractivity contribution in [2.24, 2.45) is 5.92 Å². The number of epoxide rings is 1. The molecule has 3 aromatic rings. The van der Waals surface area contributed by atoms with E-state index in [1.165, 1.54) is 12.1 Å². The molecule has 1 saturated carbocycles. The average Bonchev–Trinajstić information content (AvgIpc) is 3.90. The molecule has 3 aromatic carbocycles. The number of aliphatic hydroxyl groups is 1. The Balaban J connectivity index is 1.04. The third-order valence-corrected chi connectivity index (χ3v) is 10.3. The smallest absolute Gasteiger partial charge is 0.166 e. The Labute approximate surface area is 266 Å². The molecule has 2 aliphatic carbocycles. The van der Waals surface area contributed by atoms with Crippen molar-refractivity contribution in [2.75, 3.05) is 6.61 Å². The molecular weight excluding hydrogens is 602 g/mol. The van der Waals surface area contributed by atoms with Gasteiger partial charge in [0.15, 0.2) is 34.9 Å². The van der Waals surface area contributed by atoms with Crippen LogP contribution in [0.2, 0.25) is 0 Å². The van der Waals surface area contributed by atoms with Crippen molar-refractivity contribution >= 4 is 5.57 Å². The fraction of sp³-hybridized carbons (Fsp3) is 0.474. The molecule has 3 unspecified atom stereocenters. The fourth-order valence-corrected chi connectivity index (χ4v) is 7.45. The predicted molar refractivity (Wildman–Crippen MR) is 165 cm³/mol. The number of benzene rings is 3. The van der Waals surface area contributed by atoms with E-state index in [4.69, 9.17) is 4.74 Å². The van der Waals surface area contributed by atoms with Gasteiger partial charge < -0.3 is 9.84 Å². The van der Waals surface area contributed by atoms with Gasteiger partial charge in [0, 0.05) is 16.7 Å². The molecule has 1 heterocycles. The molecule has 0 amide bonds. The number of aliphatic hydroxyl groups excluding tert-OH is 1. The minimum atomic E-state index is -1.04. The van der Waals surface area contributed by atoms with E-state index in [0.29, 0.717) is 87.5 Å². The summed E-state index contributed by atoms with van der Waals surface area (Å²) in [6, 6.07) is 9.54. The van der Waals surface area contributed by atoms with Crippen LogP contribution in [0.1, 0.15) is 129 Å². The monoisotopic (exact) mass is 642 g/mol. The van der Waals surface area contributed by atoms with Crippen LogP contribution in [-0.4, -0.2) is 11.7 Å². The number of ether oxygens (including phenoxy) is 1. The fourth-order valence-electron chi connectivity index (χ4n) is 7.45. The van der Waals surface area contributed by atoms with Crippen molar-refractivity contribution in [1.29, 1.82) is 0 Å². The molecule has 1 N–H and O–H groups in total. The lowest BCUT2D eigenvalue weighted by molar-refractivity contribution is 0.160. The van der Waals surface area contributed by atoms with Crippen LogP contribution in [0.25, 0.3) is 5.57 Å². The molecule has 2 fully saturated rings. The van der Waals surface area contributed by atoms with Gasteiger partial charge in [0.1, 0.15) is 6.10 Å². The summed E-state index contributed by atoms with van der Waals surface area (Å²) in [5.41, 5.74) is 2.14. The zero-order chi connectivity index (χ0) is 32.5. The van der Waals surface area contributed by atoms with Crippen LogP contribution in [0.4, 0.5) is 26.3 Å². The highest BCUT2D eigenvalue weighted by Gasteiger charge is 2.33. The lowest BCUT2D eigenvalue weighted by atomic mass is 9.75. The second-order valence-corrected chi connectivity index (χ2v) is 13.2. The summed E-state index contributed by atoms with van der Waals surface area (Å²) >= 11 is 0. The number of allylic oxidation sites excluding steroid dienone is 2. The molecule has 1 saturated heterocycles. The SMILES string of the molecule is CCCC(O)c1ccc(C2=CCC(CCc3ccc(C4CCC(c5ccc(C6CO6)c(F)c5F)CC4)c(F)c3F)CC2)c(F)c1F. The van der Waals surface area contributed by atoms with E-state index in [1.807, 2.05) is 13.0 Å². The minimum absolute atomic E-state index is 0.0251. The zero-order valence-electron chi connectivity index (χ0n) is 26.0. The van der Waals surface area contributed by atoms with Gasteiger partial charge in [0.05, 0.1) is 12.7 Å². The lowest BCUT2D eigenvalue weighted by Crippen LogP contribution is -2.16. The second kappa shape index (κ2) is 13.9. The Morgan fingerprint density at radius 3 is 1.96 bits per heavy atom. The molecule has 3 aliphatic rings. The van der Waals surface area contributed by atoms with E-state index < -0.39 is 41.0 Å². The maximum atomic E-state index is 15.3. The normalized spacial score (nSPS) is 23.7. The molecule has 0 spiro atoms. The van der Waals surface area contributed by atoms with Gasteiger partial charge in [0.25, 0.3) is 0 Å². The first-order valence-corrected chi connectivity index (χ1v) is 16.6. The van der Waals surface area contributed by atoms with E-state index in [0.717, 1.165) is 12.0 Å². The van der Waals surface area contributed by atoms with Gasteiger partial charge in [-0.3, -0.25) is 0 Å². The van der Waals surface area contributed by atoms with Crippen LogP contribution in [0.5, 0.6) is 0 Å². The van der Waals surface area contributed by atoms with Gasteiger partial charge >= 0.3 is 0 Å². The molecule has 8 heteroatoms. The van der Waals surface area contributed by atoms with Crippen molar-refractivity contribution < 1.29 is 36.2 Å². The largest absolute Gasteiger partial charge is 0.388 e. The first kappa shape index (κ1) is 32.8. The molecule has 0 bridgehead atoms. The zero-order valence-corrected chi connectivity index (χ0v) is 26.0. The van der Waals surface area contributed by atoms with E-state index in [2.05, 4.69) is 0 Å². The number of aryl methyl sites for hydroxylation is 1. The van der Waals surface area contributed by atoms with Crippen LogP contribution in [0.3, 0.4) is 0 Å². The minimum Gasteiger partial charge on any atom is -0.388 e. The van der Waals surface area contributed by atoms with Crippen LogP contribution in [0, 0.1) is 40.8 Å². The Bertz CT molecular complexity index is 1610. The molecule has 1 aliphatic heterocycles. The van der Waals surface area contributed by atoms with Crippen LogP contribution in [0.15, 0.2) is 42.5 Å². The molecular formula is C38H40F6O2. The van der Waals surface area contributed by atoms with Gasteiger partial charge in [-0.25, -0.2) is 26.3 Å². The highest BCUT2D eigenvalue weighted by Crippen LogP contribution is 2.44. The average molecular weight is 643 g/mol. The molecule has 6 rings (SSSR count). The molecule has 246 valence electrons. The summed E-state index contributed by atoms with van der Waals surface area (Å²) < 4.78 is 94.6. The molecule has 0 aromatic heterocycles. The van der Waals surface area contributed by atoms with E-state index >= 15 is 8.78 Å². The topological polar surface area (TPSA) is 32.8 Å². The Hall–Kier alpha value is -3.10. The van der Waals surface area contributed by atoms with Crippen molar-refractivity contribution in [2.45, 2.75) is 102 Å². The summed E-state index contributed by atoms with van der Waals surface area (Å²) in [6.45, 7) is 2.26. The quantitative estimate of drug-likeness (QED) is 0.176. The maximum absolute atomic E-state index is 15.3. The van der Waals surface area contributed by atoms with Crippen molar-refractivity contribution in [1.82, 2.24) is 0 Å². The molecule has 0 radical (unpaired) electrons. The van der Waals surface area contributed by atoms with Crippen molar-refractivity contribution in [3.63, 3.8) is 0 Å². The van der Waals surface area contributed by atoms with E-state index in [-0.39, 0.29) is 40.5 Å². The first-order valence-electron chi connectivity index (χ1n) is 16.6. The Kier molecular flexibility index (Phi) is 9.95. The number of hydrogen-bond donors (Lipinski definition) is 1. The highest BCUT2D eigenvalue weighted by molar-refractivity contribution is 5.67. The van der Waals surface area contributed by atoms with E-state index in [9.17, 15) is 22.7 Å². The van der Waals surface area contributed by atoms with Gasteiger partial charge in [-0.2, -0.15) is 0 Å². The van der Waals surface area contributed by atoms with E-state index in [1.54, 1.807) is 24.3 Å². The summed E-state index contributed by atoms with van der Waals surface area (Å²) in [5.74, 6) is -5.46. The standard InChI is InChI=1S/C38H40F6O2/c1-2-3-31(45)29-18-16-27(35(41)37(29)43)22-7-4-21(5-8-22)6-9-25-14-15-26(34(40)33(25)39)23-10-12-24(13-11-23)28-17-19-30(32-20-46-32)38(44)36(28)42/h7,14-19,21,23-24,31-32,45H,2-6,8-13,20H2,1H3. The third kappa shape index (κ3) is 6.66. The molecule has 2 nitrogen and oxygen atoms in total. The third-order valence-electron chi connectivity index (χ3n) is 10.3. The predicted octanol–water partition coefficient (Wildman–Crippen LogP) is 10.7. The Morgan fingerprint density at radius 1 is 0.739 bits per heavy atom. The second-order valence-electron chi connectivity index (χ2n) is 13.2. The summed E-state index contributed by atoms with van der Waals surface area (Å²) in [6.07, 6.45) is 6.62. The summed E-state index contributed by atoms with van der Waals surface area (Å²) in [7, 11) is 0. The number of rotatable bonds is 10. The van der Waals surface area contributed by atoms with Gasteiger partial charge in [-0.1, -0.05) is 55.8 Å². The van der Waals surface area contributed by atoms with Gasteiger partial charge in [-0.05, 0) is 104 Å². The summed E-state index contributed by atoms with van der Waals surface area (Å²) in [5, 5.41) is 10.1. The van der Waals surface area contributed by atoms with Crippen molar-refractivity contribution in [3.8, 4) is 0 Å². The maximum Gasteiger partial charge on any atom is 0.166 e. The van der Waals surface area contributed by atoms with Gasteiger partial charge in [-0.15, -0.1) is 0 Å². The Morgan fingerprint density at radius 2 is 1.35 bits per heavy atom. The number of hydrogen-bond acceptors (Lipinski definition) is 2. The van der Waals surface area contributed by atoms with Gasteiger partial charge in [0.2, 0.25) is 0 Å². The molecule has 3 atom stereocenters. The van der Waals surface area contributed by atoms with Crippen molar-refractivity contribution in [3.05, 3.63) is 111 Å². The van der Waals surface area contributed by atoms with Crippen LogP contribution < -0.4 is 0 Å².